The Kier molecular flexibility index (Phi) is 7.30. The van der Waals surface area contributed by atoms with Crippen molar-refractivity contribution < 1.29 is 9.18 Å². The second kappa shape index (κ2) is 9.96. The second-order valence-corrected chi connectivity index (χ2v) is 9.06. The molecule has 6 nitrogen and oxygen atoms in total. The first-order valence-corrected chi connectivity index (χ1v) is 10.8. The maximum Gasteiger partial charge on any atom is 0.315 e. The van der Waals surface area contributed by atoms with Gasteiger partial charge in [0, 0.05) is 24.8 Å². The van der Waals surface area contributed by atoms with Crippen molar-refractivity contribution in [2.45, 2.75) is 39.5 Å². The number of carbonyl (C=O) groups is 1. The summed E-state index contributed by atoms with van der Waals surface area (Å²) in [5.74, 6) is 0.656. The Bertz CT molecular complexity index is 1010. The number of primary amides is 1. The van der Waals surface area contributed by atoms with Crippen LogP contribution in [0.3, 0.4) is 0 Å². The number of alkyl halides is 1. The van der Waals surface area contributed by atoms with Crippen LogP contribution in [0.25, 0.3) is 11.3 Å². The number of rotatable bonds is 8. The molecule has 0 saturated carbocycles. The molecular formula is C25H32FN5O. The minimum absolute atomic E-state index is 0.186. The molecule has 1 heterocycles. The monoisotopic (exact) mass is 437 g/mol. The molecule has 0 bridgehead atoms. The number of hydrogen-bond acceptors (Lipinski definition) is 3. The number of aromatic nitrogens is 2. The predicted octanol–water partition coefficient (Wildman–Crippen LogP) is 4.36. The molecule has 3 aromatic rings. The van der Waals surface area contributed by atoms with Crippen LogP contribution in [0.1, 0.15) is 38.2 Å². The summed E-state index contributed by atoms with van der Waals surface area (Å²) in [6.07, 6.45) is 0.601. The third kappa shape index (κ3) is 5.53. The Hall–Kier alpha value is -3.19. The zero-order valence-electron chi connectivity index (χ0n) is 18.9. The lowest BCUT2D eigenvalue weighted by Crippen LogP contribution is -2.48. The summed E-state index contributed by atoms with van der Waals surface area (Å²) >= 11 is 0. The lowest BCUT2D eigenvalue weighted by atomic mass is 9.84. The van der Waals surface area contributed by atoms with Crippen LogP contribution in [0.15, 0.2) is 66.9 Å². The molecule has 0 radical (unpaired) electrons. The van der Waals surface area contributed by atoms with E-state index in [1.54, 1.807) is 0 Å². The van der Waals surface area contributed by atoms with Gasteiger partial charge in [-0.1, -0.05) is 81.4 Å². The van der Waals surface area contributed by atoms with Crippen LogP contribution in [0.5, 0.6) is 0 Å². The fraction of sp³-hybridized carbons (Fsp3) is 0.360. The topological polar surface area (TPSA) is 90.2 Å². The van der Waals surface area contributed by atoms with Crippen LogP contribution in [-0.2, 0) is 6.54 Å². The first kappa shape index (κ1) is 23.5. The number of urea groups is 1. The number of imidazole rings is 1. The van der Waals surface area contributed by atoms with Gasteiger partial charge in [0.05, 0.1) is 18.3 Å². The molecule has 0 aliphatic carbocycles. The van der Waals surface area contributed by atoms with Gasteiger partial charge in [-0.15, -0.1) is 0 Å². The normalized spacial score (nSPS) is 13.5. The standard InChI is InChI=1S/C25H32FN5O/c1-25(2,3)22(31(24(28)32)16-20(26)14-27)23-29-21(19-12-8-5-9-13-19)17-30(23)15-18-10-6-4-7-11-18/h4-13,17,20,22H,14-16,27H2,1-3H3,(H2,28,32)/t20-,22-/m0/s1. The lowest BCUT2D eigenvalue weighted by molar-refractivity contribution is 0.0937. The van der Waals surface area contributed by atoms with Crippen LogP contribution in [0, 0.1) is 5.41 Å². The summed E-state index contributed by atoms with van der Waals surface area (Å²) in [7, 11) is 0. The minimum Gasteiger partial charge on any atom is -0.351 e. The van der Waals surface area contributed by atoms with E-state index in [1.807, 2.05) is 92.2 Å². The zero-order valence-corrected chi connectivity index (χ0v) is 18.9. The fourth-order valence-corrected chi connectivity index (χ4v) is 3.91. The van der Waals surface area contributed by atoms with Crippen LogP contribution in [0.4, 0.5) is 9.18 Å². The zero-order chi connectivity index (χ0) is 23.3. The molecule has 2 aromatic carbocycles. The summed E-state index contributed by atoms with van der Waals surface area (Å²) in [5.41, 5.74) is 13.6. The van der Waals surface area contributed by atoms with Crippen molar-refractivity contribution >= 4 is 6.03 Å². The molecule has 7 heteroatoms. The van der Waals surface area contributed by atoms with Gasteiger partial charge in [-0.2, -0.15) is 0 Å². The molecule has 0 unspecified atom stereocenters. The van der Waals surface area contributed by atoms with Crippen molar-refractivity contribution in [1.29, 1.82) is 0 Å². The average Bonchev–Trinajstić information content (AvgIpc) is 3.16. The number of nitrogens with two attached hydrogens (primary N) is 2. The van der Waals surface area contributed by atoms with Crippen LogP contribution in [-0.4, -0.2) is 39.7 Å². The molecule has 3 rings (SSSR count). The van der Waals surface area contributed by atoms with E-state index in [4.69, 9.17) is 16.5 Å². The van der Waals surface area contributed by atoms with Gasteiger partial charge in [-0.3, -0.25) is 0 Å². The fourth-order valence-electron chi connectivity index (χ4n) is 3.91. The van der Waals surface area contributed by atoms with Crippen molar-refractivity contribution in [3.63, 3.8) is 0 Å². The summed E-state index contributed by atoms with van der Waals surface area (Å²) in [5, 5.41) is 0. The third-order valence-corrected chi connectivity index (χ3v) is 5.38. The number of nitrogens with zero attached hydrogens (tertiary/aromatic N) is 3. The van der Waals surface area contributed by atoms with Crippen molar-refractivity contribution in [2.75, 3.05) is 13.1 Å². The van der Waals surface area contributed by atoms with E-state index in [0.717, 1.165) is 16.8 Å². The molecule has 32 heavy (non-hydrogen) atoms. The number of carbonyl (C=O) groups excluding carboxylic acids is 1. The van der Waals surface area contributed by atoms with Crippen molar-refractivity contribution in [2.24, 2.45) is 16.9 Å². The van der Waals surface area contributed by atoms with Crippen molar-refractivity contribution in [3.8, 4) is 11.3 Å². The largest absolute Gasteiger partial charge is 0.351 e. The average molecular weight is 438 g/mol. The number of hydrogen-bond donors (Lipinski definition) is 2. The number of amides is 2. The summed E-state index contributed by atoms with van der Waals surface area (Å²) in [6, 6.07) is 18.6. The van der Waals surface area contributed by atoms with E-state index in [-0.39, 0.29) is 13.1 Å². The summed E-state index contributed by atoms with van der Waals surface area (Å²) in [4.78, 5) is 18.8. The maximum atomic E-state index is 14.3. The Morgan fingerprint density at radius 3 is 2.22 bits per heavy atom. The lowest BCUT2D eigenvalue weighted by Gasteiger charge is -2.39. The number of benzene rings is 2. The maximum absolute atomic E-state index is 14.3. The van der Waals surface area contributed by atoms with E-state index >= 15 is 0 Å². The van der Waals surface area contributed by atoms with Gasteiger partial charge in [-0.05, 0) is 11.0 Å². The van der Waals surface area contributed by atoms with Gasteiger partial charge in [0.1, 0.15) is 12.0 Å². The predicted molar refractivity (Wildman–Crippen MR) is 126 cm³/mol. The molecule has 0 saturated heterocycles. The van der Waals surface area contributed by atoms with Gasteiger partial charge in [0.25, 0.3) is 0 Å². The molecule has 1 aromatic heterocycles. The smallest absolute Gasteiger partial charge is 0.315 e. The van der Waals surface area contributed by atoms with Gasteiger partial charge in [0.2, 0.25) is 0 Å². The first-order valence-electron chi connectivity index (χ1n) is 10.8. The van der Waals surface area contributed by atoms with E-state index in [9.17, 15) is 9.18 Å². The van der Waals surface area contributed by atoms with Gasteiger partial charge in [-0.25, -0.2) is 14.2 Å². The molecule has 0 aliphatic rings. The highest BCUT2D eigenvalue weighted by molar-refractivity contribution is 5.73. The number of halogens is 1. The molecular weight excluding hydrogens is 405 g/mol. The van der Waals surface area contributed by atoms with E-state index in [0.29, 0.717) is 12.4 Å². The van der Waals surface area contributed by atoms with Gasteiger partial charge in [0.15, 0.2) is 0 Å². The van der Waals surface area contributed by atoms with Crippen LogP contribution >= 0.6 is 0 Å². The molecule has 4 N–H and O–H groups in total. The highest BCUT2D eigenvalue weighted by atomic mass is 19.1. The third-order valence-electron chi connectivity index (χ3n) is 5.38. The highest BCUT2D eigenvalue weighted by Gasteiger charge is 2.38. The van der Waals surface area contributed by atoms with E-state index in [2.05, 4.69) is 0 Å². The molecule has 0 fully saturated rings. The Morgan fingerprint density at radius 1 is 1.09 bits per heavy atom. The van der Waals surface area contributed by atoms with Gasteiger partial charge >= 0.3 is 6.03 Å². The van der Waals surface area contributed by atoms with Gasteiger partial charge < -0.3 is 20.9 Å². The first-order chi connectivity index (χ1) is 15.2. The van der Waals surface area contributed by atoms with E-state index < -0.39 is 23.7 Å². The Labute approximate surface area is 189 Å². The van der Waals surface area contributed by atoms with E-state index in [1.165, 1.54) is 4.90 Å². The van der Waals surface area contributed by atoms with Crippen molar-refractivity contribution in [3.05, 3.63) is 78.2 Å². The molecule has 0 aliphatic heterocycles. The molecule has 170 valence electrons. The SMILES string of the molecule is CC(C)(C)[C@H](c1nc(-c2ccccc2)cn1Cc1ccccc1)N(C[C@@H](F)CN)C(N)=O. The van der Waals surface area contributed by atoms with Crippen LogP contribution in [0.2, 0.25) is 0 Å². The summed E-state index contributed by atoms with van der Waals surface area (Å²) < 4.78 is 16.3. The quantitative estimate of drug-likeness (QED) is 0.548. The Balaban J connectivity index is 2.15. The minimum atomic E-state index is -1.38. The summed E-state index contributed by atoms with van der Waals surface area (Å²) in [6.45, 7) is 6.17. The van der Waals surface area contributed by atoms with Crippen molar-refractivity contribution in [1.82, 2.24) is 14.5 Å². The molecule has 2 atom stereocenters. The van der Waals surface area contributed by atoms with Crippen LogP contribution < -0.4 is 11.5 Å². The molecule has 2 amide bonds. The Morgan fingerprint density at radius 2 is 1.69 bits per heavy atom. The highest BCUT2D eigenvalue weighted by Crippen LogP contribution is 2.39. The molecule has 0 spiro atoms. The second-order valence-electron chi connectivity index (χ2n) is 9.06.